The van der Waals surface area contributed by atoms with Crippen molar-refractivity contribution in [2.45, 2.75) is 18.0 Å². The second kappa shape index (κ2) is 7.35. The van der Waals surface area contributed by atoms with Crippen molar-refractivity contribution in [1.82, 2.24) is 19.1 Å². The minimum absolute atomic E-state index is 0.0617. The van der Waals surface area contributed by atoms with Crippen LogP contribution in [0.25, 0.3) is 11.3 Å². The van der Waals surface area contributed by atoms with E-state index in [0.717, 1.165) is 6.07 Å². The molecule has 0 atom stereocenters. The van der Waals surface area contributed by atoms with Crippen LogP contribution in [0.3, 0.4) is 0 Å². The number of halogens is 3. The molecular formula is C17H15F3N4O4S. The average Bonchev–Trinajstić information content (AvgIpc) is 3.09. The van der Waals surface area contributed by atoms with E-state index in [0.29, 0.717) is 18.1 Å². The summed E-state index contributed by atoms with van der Waals surface area (Å²) in [5.41, 5.74) is -1.95. The van der Waals surface area contributed by atoms with Crippen LogP contribution in [0.15, 0.2) is 52.8 Å². The lowest BCUT2D eigenvalue weighted by molar-refractivity contribution is -0.141. The molecule has 0 aliphatic heterocycles. The van der Waals surface area contributed by atoms with Crippen molar-refractivity contribution in [3.8, 4) is 17.0 Å². The van der Waals surface area contributed by atoms with E-state index in [2.05, 4.69) is 9.97 Å². The molecule has 0 unspecified atom stereocenters. The topological polar surface area (TPSA) is 96.1 Å². The minimum atomic E-state index is -4.87. The molecule has 3 aromatic heterocycles. The molecule has 0 saturated carbocycles. The fraction of sp³-hybridized carbons (Fsp3) is 0.235. The van der Waals surface area contributed by atoms with Gasteiger partial charge in [-0.25, -0.2) is 18.4 Å². The van der Waals surface area contributed by atoms with Gasteiger partial charge in [0, 0.05) is 36.5 Å². The first-order valence-electron chi connectivity index (χ1n) is 8.04. The number of pyridine rings is 1. The van der Waals surface area contributed by atoms with Crippen molar-refractivity contribution >= 4 is 9.84 Å². The third kappa shape index (κ3) is 4.65. The Morgan fingerprint density at radius 1 is 1.14 bits per heavy atom. The Labute approximate surface area is 163 Å². The number of sulfone groups is 1. The van der Waals surface area contributed by atoms with Crippen molar-refractivity contribution in [3.05, 3.63) is 58.9 Å². The molecule has 0 radical (unpaired) electrons. The highest BCUT2D eigenvalue weighted by atomic mass is 32.2. The van der Waals surface area contributed by atoms with Crippen molar-refractivity contribution in [2.75, 3.05) is 13.4 Å². The van der Waals surface area contributed by atoms with Crippen LogP contribution in [0.5, 0.6) is 5.75 Å². The normalized spacial score (nSPS) is 12.2. The smallest absolute Gasteiger partial charge is 0.433 e. The van der Waals surface area contributed by atoms with E-state index in [-0.39, 0.29) is 17.9 Å². The quantitative estimate of drug-likeness (QED) is 0.577. The minimum Gasteiger partial charge on any atom is -0.495 e. The van der Waals surface area contributed by atoms with Crippen LogP contribution < -0.4 is 10.3 Å². The van der Waals surface area contributed by atoms with Crippen LogP contribution in [-0.4, -0.2) is 40.9 Å². The Morgan fingerprint density at radius 2 is 1.86 bits per heavy atom. The Hall–Kier alpha value is -3.15. The first-order valence-corrected chi connectivity index (χ1v) is 9.93. The monoisotopic (exact) mass is 428 g/mol. The van der Waals surface area contributed by atoms with Gasteiger partial charge in [0.15, 0.2) is 0 Å². The summed E-state index contributed by atoms with van der Waals surface area (Å²) in [6.07, 6.45) is 0.433. The number of hydrogen-bond donors (Lipinski definition) is 0. The lowest BCUT2D eigenvalue weighted by atomic mass is 10.2. The molecule has 0 spiro atoms. The second-order valence-corrected chi connectivity index (χ2v) is 8.03. The van der Waals surface area contributed by atoms with Crippen molar-refractivity contribution in [2.24, 2.45) is 0 Å². The highest BCUT2D eigenvalue weighted by Gasteiger charge is 2.35. The third-order valence-corrected chi connectivity index (χ3v) is 4.73. The van der Waals surface area contributed by atoms with Crippen LogP contribution in [0.4, 0.5) is 13.2 Å². The highest BCUT2D eigenvalue weighted by molar-refractivity contribution is 7.90. The van der Waals surface area contributed by atoms with Gasteiger partial charge in [0.1, 0.15) is 18.1 Å². The molecule has 8 nitrogen and oxygen atoms in total. The maximum Gasteiger partial charge on any atom is 0.433 e. The van der Waals surface area contributed by atoms with Crippen LogP contribution in [0.1, 0.15) is 5.69 Å². The van der Waals surface area contributed by atoms with Crippen LogP contribution in [-0.2, 0) is 22.7 Å². The van der Waals surface area contributed by atoms with Crippen LogP contribution in [0.2, 0.25) is 0 Å². The lowest BCUT2D eigenvalue weighted by Gasteiger charge is -2.12. The van der Waals surface area contributed by atoms with Gasteiger partial charge in [0.2, 0.25) is 15.0 Å². The largest absolute Gasteiger partial charge is 0.495 e. The third-order valence-electron chi connectivity index (χ3n) is 3.88. The number of alkyl halides is 3. The molecule has 29 heavy (non-hydrogen) atoms. The molecule has 0 aliphatic carbocycles. The fourth-order valence-corrected chi connectivity index (χ4v) is 3.01. The molecule has 3 aromatic rings. The molecule has 3 rings (SSSR count). The van der Waals surface area contributed by atoms with E-state index in [1.165, 1.54) is 23.9 Å². The molecule has 0 aliphatic rings. The maximum absolute atomic E-state index is 13.2. The molecule has 0 fully saturated rings. The summed E-state index contributed by atoms with van der Waals surface area (Å²) in [6, 6.07) is 4.74. The zero-order valence-corrected chi connectivity index (χ0v) is 16.0. The molecule has 12 heteroatoms. The van der Waals surface area contributed by atoms with E-state index in [4.69, 9.17) is 4.74 Å². The van der Waals surface area contributed by atoms with E-state index in [1.807, 2.05) is 0 Å². The first-order chi connectivity index (χ1) is 13.5. The Bertz CT molecular complexity index is 1220. The zero-order chi connectivity index (χ0) is 21.4. The number of methoxy groups -OCH3 is 1. The zero-order valence-electron chi connectivity index (χ0n) is 15.2. The van der Waals surface area contributed by atoms with Crippen LogP contribution in [0, 0.1) is 0 Å². The maximum atomic E-state index is 13.2. The first kappa shape index (κ1) is 20.6. The molecule has 0 amide bonds. The molecule has 0 aromatic carbocycles. The molecule has 0 bridgehead atoms. The Balaban J connectivity index is 2.09. The number of nitrogens with zero attached hydrogens (tertiary/aromatic N) is 4. The predicted octanol–water partition coefficient (Wildman–Crippen LogP) is 2.04. The van der Waals surface area contributed by atoms with Crippen molar-refractivity contribution < 1.29 is 26.3 Å². The predicted molar refractivity (Wildman–Crippen MR) is 96.2 cm³/mol. The van der Waals surface area contributed by atoms with Gasteiger partial charge >= 0.3 is 6.18 Å². The van der Waals surface area contributed by atoms with Gasteiger partial charge in [-0.1, -0.05) is 0 Å². The van der Waals surface area contributed by atoms with Crippen molar-refractivity contribution in [1.29, 1.82) is 0 Å². The highest BCUT2D eigenvalue weighted by Crippen LogP contribution is 2.30. The molecule has 154 valence electrons. The lowest BCUT2D eigenvalue weighted by Crippen LogP contribution is -2.22. The SMILES string of the molecule is COc1ccn(Cn2cc(-c3cc(C(F)(F)F)nc(S(C)(=O)=O)n3)ccc2=O)c1. The molecule has 3 heterocycles. The summed E-state index contributed by atoms with van der Waals surface area (Å²) in [5, 5.41) is -0.949. The van der Waals surface area contributed by atoms with E-state index < -0.39 is 32.4 Å². The van der Waals surface area contributed by atoms with E-state index in [1.54, 1.807) is 23.0 Å². The van der Waals surface area contributed by atoms with Gasteiger partial charge in [0.05, 0.1) is 12.8 Å². The number of hydrogen-bond acceptors (Lipinski definition) is 6. The van der Waals surface area contributed by atoms with E-state index in [9.17, 15) is 26.4 Å². The van der Waals surface area contributed by atoms with Crippen molar-refractivity contribution in [3.63, 3.8) is 0 Å². The number of aromatic nitrogens is 4. The summed E-state index contributed by atoms with van der Waals surface area (Å²) in [7, 11) is -2.61. The van der Waals surface area contributed by atoms with Gasteiger partial charge in [-0.15, -0.1) is 0 Å². The summed E-state index contributed by atoms with van der Waals surface area (Å²) in [4.78, 5) is 19.0. The average molecular weight is 428 g/mol. The van der Waals surface area contributed by atoms with Gasteiger partial charge in [-0.2, -0.15) is 13.2 Å². The van der Waals surface area contributed by atoms with Gasteiger partial charge in [-0.3, -0.25) is 9.36 Å². The Kier molecular flexibility index (Phi) is 5.22. The Morgan fingerprint density at radius 3 is 2.45 bits per heavy atom. The molecule has 0 N–H and O–H groups in total. The van der Waals surface area contributed by atoms with Gasteiger partial charge < -0.3 is 9.30 Å². The summed E-state index contributed by atoms with van der Waals surface area (Å²) < 4.78 is 70.9. The van der Waals surface area contributed by atoms with E-state index >= 15 is 0 Å². The van der Waals surface area contributed by atoms with Gasteiger partial charge in [0.25, 0.3) is 5.56 Å². The number of rotatable bonds is 5. The summed E-state index contributed by atoms with van der Waals surface area (Å²) in [5.74, 6) is 0.567. The summed E-state index contributed by atoms with van der Waals surface area (Å²) in [6.45, 7) is 0.0617. The standard InChI is InChI=1S/C17H15F3N4O4S/c1-28-12-5-6-23(9-12)10-24-8-11(3-4-15(24)25)13-7-14(17(18,19)20)22-16(21-13)29(2,26)27/h3-9H,10H2,1-2H3. The van der Waals surface area contributed by atoms with Crippen LogP contribution >= 0.6 is 0 Å². The number of ether oxygens (including phenoxy) is 1. The fourth-order valence-electron chi connectivity index (χ4n) is 2.48. The second-order valence-electron chi connectivity index (χ2n) is 6.12. The molecular weight excluding hydrogens is 413 g/mol. The summed E-state index contributed by atoms with van der Waals surface area (Å²) >= 11 is 0. The van der Waals surface area contributed by atoms with Gasteiger partial charge in [-0.05, 0) is 18.2 Å². The molecule has 0 saturated heterocycles.